The standard InChI is InChI=1S/C15H22N2O2S/c1-3-7-11(4-2)17-14(18)10-19-13-9-6-5-8-12(13)15(16)20/h5-6,8-9,11H,3-4,7,10H2,1-2H3,(H2,16,20)(H,17,18). The molecule has 0 aromatic heterocycles. The zero-order valence-corrected chi connectivity index (χ0v) is 12.8. The lowest BCUT2D eigenvalue weighted by Gasteiger charge is -2.16. The predicted molar refractivity (Wildman–Crippen MR) is 85.0 cm³/mol. The van der Waals surface area contributed by atoms with E-state index in [0.717, 1.165) is 19.3 Å². The summed E-state index contributed by atoms with van der Waals surface area (Å²) in [6.45, 7) is 4.13. The molecular weight excluding hydrogens is 272 g/mol. The number of hydrogen-bond donors (Lipinski definition) is 2. The molecule has 110 valence electrons. The van der Waals surface area contributed by atoms with Crippen molar-refractivity contribution < 1.29 is 9.53 Å². The molecule has 1 unspecified atom stereocenters. The molecule has 0 spiro atoms. The molecule has 0 aliphatic rings. The van der Waals surface area contributed by atoms with Crippen molar-refractivity contribution in [1.82, 2.24) is 5.32 Å². The molecule has 0 aliphatic heterocycles. The molecule has 1 rings (SSSR count). The summed E-state index contributed by atoms with van der Waals surface area (Å²) >= 11 is 4.95. The van der Waals surface area contributed by atoms with Gasteiger partial charge in [0, 0.05) is 6.04 Å². The maximum absolute atomic E-state index is 11.8. The van der Waals surface area contributed by atoms with Gasteiger partial charge in [0.25, 0.3) is 5.91 Å². The first-order valence-electron chi connectivity index (χ1n) is 6.89. The van der Waals surface area contributed by atoms with Gasteiger partial charge in [-0.2, -0.15) is 0 Å². The molecule has 20 heavy (non-hydrogen) atoms. The number of nitrogens with one attached hydrogen (secondary N) is 1. The molecule has 0 aliphatic carbocycles. The van der Waals surface area contributed by atoms with E-state index in [0.29, 0.717) is 11.3 Å². The summed E-state index contributed by atoms with van der Waals surface area (Å²) in [4.78, 5) is 12.1. The quantitative estimate of drug-likeness (QED) is 0.723. The molecule has 0 radical (unpaired) electrons. The Hall–Kier alpha value is -1.62. The summed E-state index contributed by atoms with van der Waals surface area (Å²) in [6.07, 6.45) is 2.94. The Labute approximate surface area is 125 Å². The summed E-state index contributed by atoms with van der Waals surface area (Å²) < 4.78 is 5.50. The van der Waals surface area contributed by atoms with E-state index in [1.165, 1.54) is 0 Å². The molecule has 1 amide bonds. The number of hydrogen-bond acceptors (Lipinski definition) is 3. The number of nitrogens with two attached hydrogens (primary N) is 1. The van der Waals surface area contributed by atoms with Crippen LogP contribution in [0.2, 0.25) is 0 Å². The Balaban J connectivity index is 2.55. The zero-order chi connectivity index (χ0) is 15.0. The topological polar surface area (TPSA) is 64.3 Å². The van der Waals surface area contributed by atoms with Crippen molar-refractivity contribution in [2.45, 2.75) is 39.2 Å². The highest BCUT2D eigenvalue weighted by atomic mass is 32.1. The second-order valence-electron chi connectivity index (χ2n) is 4.61. The number of thiocarbonyl (C=S) groups is 1. The molecule has 0 saturated heterocycles. The summed E-state index contributed by atoms with van der Waals surface area (Å²) in [7, 11) is 0. The van der Waals surface area contributed by atoms with Crippen LogP contribution in [-0.2, 0) is 4.79 Å². The second kappa shape index (κ2) is 8.53. The molecule has 0 fully saturated rings. The van der Waals surface area contributed by atoms with Gasteiger partial charge in [0.2, 0.25) is 0 Å². The third kappa shape index (κ3) is 5.17. The van der Waals surface area contributed by atoms with Gasteiger partial charge in [0.15, 0.2) is 6.61 Å². The van der Waals surface area contributed by atoms with Crippen molar-refractivity contribution in [3.05, 3.63) is 29.8 Å². The van der Waals surface area contributed by atoms with Gasteiger partial charge in [-0.15, -0.1) is 0 Å². The van der Waals surface area contributed by atoms with Crippen molar-refractivity contribution in [3.63, 3.8) is 0 Å². The van der Waals surface area contributed by atoms with Gasteiger partial charge in [0.05, 0.1) is 5.56 Å². The molecule has 1 aromatic carbocycles. The number of ether oxygens (including phenoxy) is 1. The minimum Gasteiger partial charge on any atom is -0.483 e. The average Bonchev–Trinajstić information content (AvgIpc) is 2.44. The molecular formula is C15H22N2O2S. The van der Waals surface area contributed by atoms with E-state index in [-0.39, 0.29) is 23.5 Å². The minimum absolute atomic E-state index is 0.0279. The van der Waals surface area contributed by atoms with E-state index in [1.54, 1.807) is 12.1 Å². The normalized spacial score (nSPS) is 11.7. The lowest BCUT2D eigenvalue weighted by atomic mass is 10.1. The highest BCUT2D eigenvalue weighted by Crippen LogP contribution is 2.17. The van der Waals surface area contributed by atoms with Gasteiger partial charge in [-0.05, 0) is 25.0 Å². The first-order chi connectivity index (χ1) is 9.58. The average molecular weight is 294 g/mol. The Bertz CT molecular complexity index is 463. The molecule has 0 saturated carbocycles. The predicted octanol–water partition coefficient (Wildman–Crippen LogP) is 2.39. The molecule has 0 bridgehead atoms. The van der Waals surface area contributed by atoms with Crippen LogP contribution in [0.3, 0.4) is 0 Å². The summed E-state index contributed by atoms with van der Waals surface area (Å²) in [5.41, 5.74) is 6.26. The number of carbonyl (C=O) groups is 1. The Kier molecular flexibility index (Phi) is 7.01. The lowest BCUT2D eigenvalue weighted by Crippen LogP contribution is -2.37. The van der Waals surface area contributed by atoms with Gasteiger partial charge >= 0.3 is 0 Å². The van der Waals surface area contributed by atoms with Crippen LogP contribution < -0.4 is 15.8 Å². The van der Waals surface area contributed by atoms with Crippen molar-refractivity contribution in [2.75, 3.05) is 6.61 Å². The van der Waals surface area contributed by atoms with E-state index >= 15 is 0 Å². The number of para-hydroxylation sites is 1. The summed E-state index contributed by atoms with van der Waals surface area (Å²) in [5, 5.41) is 2.96. The fraction of sp³-hybridized carbons (Fsp3) is 0.467. The number of amides is 1. The largest absolute Gasteiger partial charge is 0.483 e. The first-order valence-corrected chi connectivity index (χ1v) is 7.30. The van der Waals surface area contributed by atoms with Crippen molar-refractivity contribution in [2.24, 2.45) is 5.73 Å². The Morgan fingerprint density at radius 3 is 2.70 bits per heavy atom. The number of benzene rings is 1. The first kappa shape index (κ1) is 16.4. The fourth-order valence-corrected chi connectivity index (χ4v) is 2.10. The van der Waals surface area contributed by atoms with Crippen LogP contribution >= 0.6 is 12.2 Å². The molecule has 0 heterocycles. The van der Waals surface area contributed by atoms with E-state index in [2.05, 4.69) is 19.2 Å². The molecule has 4 nitrogen and oxygen atoms in total. The number of carbonyl (C=O) groups excluding carboxylic acids is 1. The highest BCUT2D eigenvalue weighted by molar-refractivity contribution is 7.80. The SMILES string of the molecule is CCCC(CC)NC(=O)COc1ccccc1C(N)=S. The van der Waals surface area contributed by atoms with Crippen molar-refractivity contribution >= 4 is 23.1 Å². The van der Waals surface area contributed by atoms with Crippen LogP contribution in [0.1, 0.15) is 38.7 Å². The van der Waals surface area contributed by atoms with E-state index in [1.807, 2.05) is 12.1 Å². The highest BCUT2D eigenvalue weighted by Gasteiger charge is 2.11. The molecule has 1 atom stereocenters. The monoisotopic (exact) mass is 294 g/mol. The van der Waals surface area contributed by atoms with Crippen LogP contribution in [0.25, 0.3) is 0 Å². The third-order valence-corrected chi connectivity index (χ3v) is 3.23. The molecule has 1 aromatic rings. The van der Waals surface area contributed by atoms with Crippen molar-refractivity contribution in [1.29, 1.82) is 0 Å². The maximum Gasteiger partial charge on any atom is 0.258 e. The Morgan fingerprint density at radius 1 is 1.40 bits per heavy atom. The Morgan fingerprint density at radius 2 is 2.10 bits per heavy atom. The smallest absolute Gasteiger partial charge is 0.258 e. The maximum atomic E-state index is 11.8. The van der Waals surface area contributed by atoms with Crippen LogP contribution in [0.4, 0.5) is 0 Å². The summed E-state index contributed by atoms with van der Waals surface area (Å²) in [6, 6.07) is 7.39. The zero-order valence-electron chi connectivity index (χ0n) is 12.0. The summed E-state index contributed by atoms with van der Waals surface area (Å²) in [5.74, 6) is 0.418. The van der Waals surface area contributed by atoms with E-state index in [9.17, 15) is 4.79 Å². The molecule has 3 N–H and O–H groups in total. The number of rotatable bonds is 8. The molecule has 5 heteroatoms. The van der Waals surface area contributed by atoms with Crippen LogP contribution in [0, 0.1) is 0 Å². The van der Waals surface area contributed by atoms with Crippen molar-refractivity contribution in [3.8, 4) is 5.75 Å². The fourth-order valence-electron chi connectivity index (χ4n) is 1.94. The van der Waals surface area contributed by atoms with Gasteiger partial charge in [-0.1, -0.05) is 44.6 Å². The minimum atomic E-state index is -0.122. The van der Waals surface area contributed by atoms with Crippen LogP contribution in [0.5, 0.6) is 5.75 Å². The van der Waals surface area contributed by atoms with Gasteiger partial charge in [0.1, 0.15) is 10.7 Å². The van der Waals surface area contributed by atoms with E-state index < -0.39 is 0 Å². The third-order valence-electron chi connectivity index (χ3n) is 3.01. The second-order valence-corrected chi connectivity index (χ2v) is 5.05. The van der Waals surface area contributed by atoms with E-state index in [4.69, 9.17) is 22.7 Å². The van der Waals surface area contributed by atoms with Crippen LogP contribution in [0.15, 0.2) is 24.3 Å². The van der Waals surface area contributed by atoms with Crippen LogP contribution in [-0.4, -0.2) is 23.5 Å². The van der Waals surface area contributed by atoms with Gasteiger partial charge in [-0.3, -0.25) is 4.79 Å². The lowest BCUT2D eigenvalue weighted by molar-refractivity contribution is -0.123. The van der Waals surface area contributed by atoms with Gasteiger partial charge < -0.3 is 15.8 Å². The van der Waals surface area contributed by atoms with Gasteiger partial charge in [-0.25, -0.2) is 0 Å².